The largest absolute Gasteiger partial charge is 0.493 e. The molecule has 1 aromatic carbocycles. The minimum Gasteiger partial charge on any atom is -0.493 e. The molecule has 5 aromatic rings. The van der Waals surface area contributed by atoms with Crippen LogP contribution in [0.25, 0.3) is 16.7 Å². The molecule has 5 rings (SSSR count). The second-order valence-corrected chi connectivity index (χ2v) is 7.98. The van der Waals surface area contributed by atoms with Gasteiger partial charge in [0.25, 0.3) is 0 Å². The average Bonchev–Trinajstić information content (AvgIpc) is 3.41. The van der Waals surface area contributed by atoms with Crippen LogP contribution in [0.3, 0.4) is 0 Å². The predicted molar refractivity (Wildman–Crippen MR) is 131 cm³/mol. The summed E-state index contributed by atoms with van der Waals surface area (Å²) in [5.74, 6) is 1.78. The second kappa shape index (κ2) is 9.41. The molecule has 0 aliphatic heterocycles. The van der Waals surface area contributed by atoms with Crippen LogP contribution in [-0.4, -0.2) is 49.6 Å². The molecule has 0 saturated heterocycles. The van der Waals surface area contributed by atoms with Crippen molar-refractivity contribution in [2.75, 3.05) is 14.2 Å². The van der Waals surface area contributed by atoms with Crippen molar-refractivity contribution in [3.05, 3.63) is 77.3 Å². The Morgan fingerprint density at radius 2 is 1.86 bits per heavy atom. The van der Waals surface area contributed by atoms with Crippen LogP contribution in [0.15, 0.2) is 54.1 Å². The Morgan fingerprint density at radius 1 is 1.00 bits per heavy atom. The first-order valence-electron chi connectivity index (χ1n) is 11.1. The van der Waals surface area contributed by atoms with E-state index in [2.05, 4.69) is 38.6 Å². The number of hydrogen-bond donors (Lipinski definition) is 0. The smallest absolute Gasteiger partial charge is 0.192 e. The Balaban J connectivity index is 1.37. The summed E-state index contributed by atoms with van der Waals surface area (Å²) in [6.07, 6.45) is 5.07. The Bertz CT molecular complexity index is 1520. The molecule has 0 spiro atoms. The molecule has 0 aliphatic rings. The highest BCUT2D eigenvalue weighted by Crippen LogP contribution is 2.28. The van der Waals surface area contributed by atoms with Crippen molar-refractivity contribution in [1.82, 2.24) is 29.1 Å². The summed E-state index contributed by atoms with van der Waals surface area (Å²) >= 11 is 0. The number of nitrogens with zero attached hydrogens (tertiary/aromatic N) is 7. The number of pyridine rings is 1. The van der Waals surface area contributed by atoms with Crippen molar-refractivity contribution in [2.24, 2.45) is 5.16 Å². The fourth-order valence-corrected chi connectivity index (χ4v) is 4.01. The van der Waals surface area contributed by atoms with E-state index in [0.717, 1.165) is 39.2 Å². The van der Waals surface area contributed by atoms with Crippen LogP contribution >= 0.6 is 0 Å². The minimum absolute atomic E-state index is 0.125. The molecule has 0 radical (unpaired) electrons. The molecule has 0 amide bonds. The summed E-state index contributed by atoms with van der Waals surface area (Å²) in [6, 6.07) is 11.4. The Labute approximate surface area is 201 Å². The first-order chi connectivity index (χ1) is 17.1. The van der Waals surface area contributed by atoms with Gasteiger partial charge in [-0.25, -0.2) is 14.5 Å². The van der Waals surface area contributed by atoms with Gasteiger partial charge in [0.15, 0.2) is 29.6 Å². The third-order valence-corrected chi connectivity index (χ3v) is 5.91. The quantitative estimate of drug-likeness (QED) is 0.251. The van der Waals surface area contributed by atoms with Crippen LogP contribution in [0, 0.1) is 13.8 Å². The summed E-state index contributed by atoms with van der Waals surface area (Å²) in [4.78, 5) is 19.3. The molecule has 4 aromatic heterocycles. The zero-order valence-corrected chi connectivity index (χ0v) is 20.0. The highest BCUT2D eigenvalue weighted by molar-refractivity contribution is 5.93. The van der Waals surface area contributed by atoms with Crippen LogP contribution in [0.5, 0.6) is 11.5 Å². The summed E-state index contributed by atoms with van der Waals surface area (Å²) in [7, 11) is 3.18. The summed E-state index contributed by atoms with van der Waals surface area (Å²) < 4.78 is 14.4. The molecule has 0 bridgehead atoms. The summed E-state index contributed by atoms with van der Waals surface area (Å²) in [6.45, 7) is 4.92. The van der Waals surface area contributed by atoms with Gasteiger partial charge in [0.2, 0.25) is 0 Å². The topological polar surface area (TPSA) is 101 Å². The highest BCUT2D eigenvalue weighted by atomic mass is 16.6. The van der Waals surface area contributed by atoms with Gasteiger partial charge < -0.3 is 18.9 Å². The molecule has 0 aliphatic carbocycles. The van der Waals surface area contributed by atoms with Crippen molar-refractivity contribution in [2.45, 2.75) is 27.0 Å². The summed E-state index contributed by atoms with van der Waals surface area (Å²) in [5.41, 5.74) is 5.60. The fraction of sp³-hybridized carbons (Fsp3) is 0.240. The van der Waals surface area contributed by atoms with Crippen molar-refractivity contribution >= 4 is 22.9 Å². The van der Waals surface area contributed by atoms with E-state index in [4.69, 9.17) is 19.3 Å². The molecular formula is C25H25N7O3. The van der Waals surface area contributed by atoms with E-state index >= 15 is 0 Å². The Morgan fingerprint density at radius 3 is 2.63 bits per heavy atom. The maximum Gasteiger partial charge on any atom is 0.192 e. The zero-order valence-electron chi connectivity index (χ0n) is 20.0. The first-order valence-corrected chi connectivity index (χ1v) is 11.1. The van der Waals surface area contributed by atoms with E-state index < -0.39 is 0 Å². The number of ether oxygens (including phenoxy) is 2. The van der Waals surface area contributed by atoms with Gasteiger partial charge >= 0.3 is 0 Å². The first kappa shape index (κ1) is 22.3. The van der Waals surface area contributed by atoms with Crippen molar-refractivity contribution in [1.29, 1.82) is 0 Å². The van der Waals surface area contributed by atoms with Crippen molar-refractivity contribution < 1.29 is 14.3 Å². The number of aromatic nitrogens is 6. The van der Waals surface area contributed by atoms with E-state index in [1.54, 1.807) is 37.5 Å². The molecule has 178 valence electrons. The molecule has 35 heavy (non-hydrogen) atoms. The third-order valence-electron chi connectivity index (χ3n) is 5.91. The molecule has 0 atom stereocenters. The van der Waals surface area contributed by atoms with Crippen LogP contribution in [-0.2, 0) is 18.0 Å². The van der Waals surface area contributed by atoms with E-state index in [-0.39, 0.29) is 6.61 Å². The molecule has 0 fully saturated rings. The maximum atomic E-state index is 5.46. The van der Waals surface area contributed by atoms with Gasteiger partial charge in [0.05, 0.1) is 38.1 Å². The SMILES string of the molecule is COc1ccc(C=NOCc2nc3c4c(C)c(C)n(Cc5ccccn5)c4ncn3n2)cc1OC. The van der Waals surface area contributed by atoms with Gasteiger partial charge in [-0.05, 0) is 49.7 Å². The number of fused-ring (bicyclic) bond motifs is 3. The fourth-order valence-electron chi connectivity index (χ4n) is 4.01. The molecule has 10 heteroatoms. The third kappa shape index (κ3) is 4.25. The van der Waals surface area contributed by atoms with E-state index in [0.29, 0.717) is 23.9 Å². The lowest BCUT2D eigenvalue weighted by molar-refractivity contribution is 0.126. The number of hydrogen-bond acceptors (Lipinski definition) is 8. The lowest BCUT2D eigenvalue weighted by atomic mass is 10.2. The highest BCUT2D eigenvalue weighted by Gasteiger charge is 2.18. The Kier molecular flexibility index (Phi) is 6.01. The normalized spacial score (nSPS) is 11.5. The van der Waals surface area contributed by atoms with E-state index in [1.807, 2.05) is 36.4 Å². The van der Waals surface area contributed by atoms with Crippen LogP contribution < -0.4 is 9.47 Å². The van der Waals surface area contributed by atoms with Gasteiger partial charge in [-0.2, -0.15) is 0 Å². The predicted octanol–water partition coefficient (Wildman–Crippen LogP) is 3.71. The second-order valence-electron chi connectivity index (χ2n) is 7.98. The minimum atomic E-state index is 0.125. The molecule has 4 heterocycles. The van der Waals surface area contributed by atoms with Gasteiger partial charge in [-0.1, -0.05) is 11.2 Å². The molecule has 10 nitrogen and oxygen atoms in total. The van der Waals surface area contributed by atoms with Crippen LogP contribution in [0.1, 0.15) is 28.3 Å². The number of methoxy groups -OCH3 is 2. The van der Waals surface area contributed by atoms with Crippen LogP contribution in [0.2, 0.25) is 0 Å². The molecular weight excluding hydrogens is 446 g/mol. The standard InChI is InChI=1S/C25H25N7O3/c1-16-17(2)31(13-19-7-5-6-10-26-19)24-23(16)25-29-22(30-32(25)15-27-24)14-35-28-12-18-8-9-20(33-3)21(11-18)34-4/h5-12,15H,13-14H2,1-4H3. The van der Waals surface area contributed by atoms with Crippen LogP contribution in [0.4, 0.5) is 0 Å². The van der Waals surface area contributed by atoms with E-state index in [1.165, 1.54) is 0 Å². The summed E-state index contributed by atoms with van der Waals surface area (Å²) in [5, 5.41) is 9.52. The Hall–Kier alpha value is -4.47. The van der Waals surface area contributed by atoms with Gasteiger partial charge in [0.1, 0.15) is 12.0 Å². The zero-order chi connectivity index (χ0) is 24.4. The monoisotopic (exact) mass is 471 g/mol. The molecule has 0 N–H and O–H groups in total. The average molecular weight is 472 g/mol. The molecule has 0 saturated carbocycles. The van der Waals surface area contributed by atoms with Crippen molar-refractivity contribution in [3.63, 3.8) is 0 Å². The lowest BCUT2D eigenvalue weighted by Gasteiger charge is -2.07. The van der Waals surface area contributed by atoms with E-state index in [9.17, 15) is 0 Å². The van der Waals surface area contributed by atoms with Gasteiger partial charge in [-0.15, -0.1) is 5.10 Å². The number of benzene rings is 1. The lowest BCUT2D eigenvalue weighted by Crippen LogP contribution is -2.04. The number of rotatable bonds is 8. The number of oxime groups is 1. The number of aryl methyl sites for hydroxylation is 1. The van der Waals surface area contributed by atoms with Gasteiger partial charge in [0, 0.05) is 17.5 Å². The van der Waals surface area contributed by atoms with Gasteiger partial charge in [-0.3, -0.25) is 4.98 Å². The maximum absolute atomic E-state index is 5.46. The molecule has 0 unspecified atom stereocenters. The van der Waals surface area contributed by atoms with Crippen molar-refractivity contribution in [3.8, 4) is 11.5 Å².